The van der Waals surface area contributed by atoms with E-state index in [0.29, 0.717) is 11.7 Å². The second kappa shape index (κ2) is 6.36. The first kappa shape index (κ1) is 12.1. The topological polar surface area (TPSA) is 32.3 Å². The molecule has 1 saturated carbocycles. The lowest BCUT2D eigenvalue weighted by Gasteiger charge is -2.28. The first-order valence-corrected chi connectivity index (χ1v) is 6.82. The molecule has 0 aromatic rings. The van der Waals surface area contributed by atoms with Gasteiger partial charge in [0.05, 0.1) is 0 Å². The van der Waals surface area contributed by atoms with Gasteiger partial charge in [0.25, 0.3) is 0 Å². The van der Waals surface area contributed by atoms with Crippen LogP contribution in [0, 0.1) is 5.92 Å². The van der Waals surface area contributed by atoms with Crippen LogP contribution < -0.4 is 5.32 Å². The summed E-state index contributed by atoms with van der Waals surface area (Å²) in [7, 11) is 0. The third-order valence-electron chi connectivity index (χ3n) is 3.94. The van der Waals surface area contributed by atoms with E-state index in [2.05, 4.69) is 10.2 Å². The average Bonchev–Trinajstić information content (AvgIpc) is 2.38. The van der Waals surface area contributed by atoms with E-state index < -0.39 is 0 Å². The maximum atomic E-state index is 12.0. The molecule has 0 aromatic heterocycles. The summed E-state index contributed by atoms with van der Waals surface area (Å²) in [5.41, 5.74) is 0. The quantitative estimate of drug-likeness (QED) is 0.784. The van der Waals surface area contributed by atoms with Crippen LogP contribution in [-0.2, 0) is 4.79 Å². The lowest BCUT2D eigenvalue weighted by atomic mass is 9.85. The molecule has 0 radical (unpaired) electrons. The van der Waals surface area contributed by atoms with E-state index in [1.54, 1.807) is 0 Å². The first-order chi connectivity index (χ1) is 7.86. The van der Waals surface area contributed by atoms with E-state index in [-0.39, 0.29) is 0 Å². The van der Waals surface area contributed by atoms with E-state index in [0.717, 1.165) is 52.0 Å². The minimum absolute atomic E-state index is 0.400. The zero-order valence-corrected chi connectivity index (χ0v) is 10.2. The fourth-order valence-corrected chi connectivity index (χ4v) is 2.83. The van der Waals surface area contributed by atoms with Gasteiger partial charge in [0.2, 0.25) is 0 Å². The summed E-state index contributed by atoms with van der Waals surface area (Å²) in [5.74, 6) is 0.926. The molecule has 0 aromatic carbocycles. The highest BCUT2D eigenvalue weighted by molar-refractivity contribution is 5.81. The van der Waals surface area contributed by atoms with Gasteiger partial charge in [-0.05, 0) is 12.8 Å². The van der Waals surface area contributed by atoms with E-state index in [9.17, 15) is 4.79 Å². The van der Waals surface area contributed by atoms with Crippen LogP contribution in [0.2, 0.25) is 0 Å². The number of ketones is 1. The smallest absolute Gasteiger partial charge is 0.137 e. The Labute approximate surface area is 98.6 Å². The molecule has 0 unspecified atom stereocenters. The van der Waals surface area contributed by atoms with E-state index in [4.69, 9.17) is 0 Å². The van der Waals surface area contributed by atoms with Crippen molar-refractivity contribution < 1.29 is 4.79 Å². The second-order valence-electron chi connectivity index (χ2n) is 5.14. The van der Waals surface area contributed by atoms with Crippen LogP contribution >= 0.6 is 0 Å². The van der Waals surface area contributed by atoms with Crippen molar-refractivity contribution in [2.75, 3.05) is 32.7 Å². The van der Waals surface area contributed by atoms with Crippen molar-refractivity contribution in [3.63, 3.8) is 0 Å². The number of carbonyl (C=O) groups is 1. The van der Waals surface area contributed by atoms with Gasteiger partial charge in [0, 0.05) is 45.1 Å². The molecule has 92 valence electrons. The third kappa shape index (κ3) is 3.56. The molecular formula is C13H24N2O. The molecule has 0 amide bonds. The number of rotatable bonds is 4. The normalized spacial score (nSPS) is 24.5. The molecule has 1 N–H and O–H groups in total. The largest absolute Gasteiger partial charge is 0.314 e. The summed E-state index contributed by atoms with van der Waals surface area (Å²) in [4.78, 5) is 14.4. The highest BCUT2D eigenvalue weighted by Crippen LogP contribution is 2.25. The highest BCUT2D eigenvalue weighted by atomic mass is 16.1. The standard InChI is InChI=1S/C13H24N2O/c16-13(12-4-2-1-3-5-12)6-9-15-10-7-14-8-11-15/h12,14H,1-11H2. The zero-order chi connectivity index (χ0) is 11.2. The van der Waals surface area contributed by atoms with Crippen molar-refractivity contribution in [1.29, 1.82) is 0 Å². The Morgan fingerprint density at radius 1 is 1.12 bits per heavy atom. The Kier molecular flexibility index (Phi) is 4.79. The maximum absolute atomic E-state index is 12.0. The van der Waals surface area contributed by atoms with Crippen LogP contribution in [0.4, 0.5) is 0 Å². The van der Waals surface area contributed by atoms with Crippen LogP contribution in [0.3, 0.4) is 0 Å². The van der Waals surface area contributed by atoms with Gasteiger partial charge >= 0.3 is 0 Å². The zero-order valence-electron chi connectivity index (χ0n) is 10.2. The predicted octanol–water partition coefficient (Wildman–Crippen LogP) is 1.43. The van der Waals surface area contributed by atoms with Crippen LogP contribution in [0.1, 0.15) is 38.5 Å². The van der Waals surface area contributed by atoms with Crippen molar-refractivity contribution in [2.24, 2.45) is 5.92 Å². The number of Topliss-reactive ketones (excluding diaryl/α,β-unsaturated/α-hetero) is 1. The van der Waals surface area contributed by atoms with Gasteiger partial charge < -0.3 is 10.2 Å². The molecule has 1 aliphatic carbocycles. The van der Waals surface area contributed by atoms with Gasteiger partial charge in [0.15, 0.2) is 0 Å². The van der Waals surface area contributed by atoms with Crippen LogP contribution in [0.25, 0.3) is 0 Å². The molecule has 0 spiro atoms. The lowest BCUT2D eigenvalue weighted by molar-refractivity contribution is -0.124. The van der Waals surface area contributed by atoms with Crippen LogP contribution in [0.15, 0.2) is 0 Å². The Bertz CT molecular complexity index is 218. The Balaban J connectivity index is 1.65. The maximum Gasteiger partial charge on any atom is 0.137 e. The Hall–Kier alpha value is -0.410. The van der Waals surface area contributed by atoms with Crippen LogP contribution in [0.5, 0.6) is 0 Å². The molecule has 2 fully saturated rings. The SMILES string of the molecule is O=C(CCN1CCNCC1)C1CCCCC1. The lowest BCUT2D eigenvalue weighted by Crippen LogP contribution is -2.44. The third-order valence-corrected chi connectivity index (χ3v) is 3.94. The fourth-order valence-electron chi connectivity index (χ4n) is 2.83. The molecule has 1 aliphatic heterocycles. The molecule has 16 heavy (non-hydrogen) atoms. The second-order valence-corrected chi connectivity index (χ2v) is 5.14. The number of hydrogen-bond donors (Lipinski definition) is 1. The predicted molar refractivity (Wildman–Crippen MR) is 65.5 cm³/mol. The van der Waals surface area contributed by atoms with E-state index >= 15 is 0 Å². The number of nitrogens with zero attached hydrogens (tertiary/aromatic N) is 1. The first-order valence-electron chi connectivity index (χ1n) is 6.82. The van der Waals surface area contributed by atoms with Gasteiger partial charge in [-0.2, -0.15) is 0 Å². The summed E-state index contributed by atoms with van der Waals surface area (Å²) in [5, 5.41) is 3.34. The van der Waals surface area contributed by atoms with E-state index in [1.165, 1.54) is 19.3 Å². The highest BCUT2D eigenvalue weighted by Gasteiger charge is 2.21. The monoisotopic (exact) mass is 224 g/mol. The van der Waals surface area contributed by atoms with Gasteiger partial charge in [-0.1, -0.05) is 19.3 Å². The molecule has 1 saturated heterocycles. The van der Waals surface area contributed by atoms with Gasteiger partial charge in [0.1, 0.15) is 5.78 Å². The summed E-state index contributed by atoms with van der Waals surface area (Å²) in [6.45, 7) is 5.36. The molecule has 3 nitrogen and oxygen atoms in total. The van der Waals surface area contributed by atoms with Crippen molar-refractivity contribution in [3.8, 4) is 0 Å². The fraction of sp³-hybridized carbons (Fsp3) is 0.923. The number of carbonyl (C=O) groups excluding carboxylic acids is 1. The van der Waals surface area contributed by atoms with Crippen LogP contribution in [-0.4, -0.2) is 43.4 Å². The molecule has 2 aliphatic rings. The molecule has 1 heterocycles. The van der Waals surface area contributed by atoms with Gasteiger partial charge in [-0.25, -0.2) is 0 Å². The van der Waals surface area contributed by atoms with Gasteiger partial charge in [-0.3, -0.25) is 4.79 Å². The van der Waals surface area contributed by atoms with E-state index in [1.807, 2.05) is 0 Å². The average molecular weight is 224 g/mol. The van der Waals surface area contributed by atoms with Crippen molar-refractivity contribution in [1.82, 2.24) is 10.2 Å². The minimum Gasteiger partial charge on any atom is -0.314 e. The molecule has 2 rings (SSSR count). The Morgan fingerprint density at radius 2 is 1.81 bits per heavy atom. The van der Waals surface area contributed by atoms with Crippen molar-refractivity contribution in [3.05, 3.63) is 0 Å². The summed E-state index contributed by atoms with van der Waals surface area (Å²) in [6.07, 6.45) is 6.96. The Morgan fingerprint density at radius 3 is 2.50 bits per heavy atom. The number of nitrogens with one attached hydrogen (secondary N) is 1. The molecule has 0 atom stereocenters. The summed E-state index contributed by atoms with van der Waals surface area (Å²) >= 11 is 0. The summed E-state index contributed by atoms with van der Waals surface area (Å²) < 4.78 is 0. The minimum atomic E-state index is 0.400. The van der Waals surface area contributed by atoms with Crippen molar-refractivity contribution >= 4 is 5.78 Å². The molecule has 0 bridgehead atoms. The summed E-state index contributed by atoms with van der Waals surface area (Å²) in [6, 6.07) is 0. The number of hydrogen-bond acceptors (Lipinski definition) is 3. The van der Waals surface area contributed by atoms with Crippen molar-refractivity contribution in [2.45, 2.75) is 38.5 Å². The van der Waals surface area contributed by atoms with Gasteiger partial charge in [-0.15, -0.1) is 0 Å². The number of piperazine rings is 1. The molecular weight excluding hydrogens is 200 g/mol. The molecule has 3 heteroatoms.